The lowest BCUT2D eigenvalue weighted by molar-refractivity contribution is -0.129. The highest BCUT2D eigenvalue weighted by molar-refractivity contribution is 5.98. The number of nitrogens with one attached hydrogen (secondary N) is 1. The van der Waals surface area contributed by atoms with E-state index in [9.17, 15) is 9.59 Å². The summed E-state index contributed by atoms with van der Waals surface area (Å²) < 4.78 is 0. The zero-order valence-electron chi connectivity index (χ0n) is 19.7. The molecule has 0 atom stereocenters. The van der Waals surface area contributed by atoms with E-state index in [0.717, 1.165) is 22.2 Å². The highest BCUT2D eigenvalue weighted by Crippen LogP contribution is 2.31. The molecule has 2 aliphatic rings. The molecule has 1 saturated heterocycles. The molecule has 0 radical (unpaired) electrons. The van der Waals surface area contributed by atoms with Crippen LogP contribution in [0.4, 0.5) is 11.8 Å². The van der Waals surface area contributed by atoms with Gasteiger partial charge in [-0.3, -0.25) is 19.6 Å². The molecule has 0 aliphatic carbocycles. The van der Waals surface area contributed by atoms with E-state index >= 15 is 0 Å². The van der Waals surface area contributed by atoms with Gasteiger partial charge in [0, 0.05) is 63.6 Å². The van der Waals surface area contributed by atoms with Crippen molar-refractivity contribution in [2.45, 2.75) is 39.9 Å². The Balaban J connectivity index is 1.43. The lowest BCUT2D eigenvalue weighted by atomic mass is 10.2. The summed E-state index contributed by atoms with van der Waals surface area (Å²) in [7, 11) is 0. The number of hydrogen-bond donors (Lipinski definition) is 1. The fraction of sp³-hybridized carbons (Fsp3) is 0.417. The molecule has 1 N–H and O–H groups in total. The molecule has 1 fully saturated rings. The SMILES string of the molecule is CC(=O)N1CCN(c2nc(NCc3ccc4nccnc4c3)c3c(n2)C(=O)N(C(C)C)C3)CC1. The Hall–Kier alpha value is -3.82. The van der Waals surface area contributed by atoms with Crippen LogP contribution in [0.3, 0.4) is 0 Å². The number of piperazine rings is 1. The molecule has 0 unspecified atom stereocenters. The third-order valence-corrected chi connectivity index (χ3v) is 6.41. The fourth-order valence-corrected chi connectivity index (χ4v) is 4.41. The molecule has 2 aromatic heterocycles. The Morgan fingerprint density at radius 3 is 2.50 bits per heavy atom. The van der Waals surface area contributed by atoms with Gasteiger partial charge >= 0.3 is 0 Å². The number of carbonyl (C=O) groups excluding carboxylic acids is 2. The average Bonchev–Trinajstić information content (AvgIpc) is 3.19. The maximum Gasteiger partial charge on any atom is 0.273 e. The number of aromatic nitrogens is 4. The molecular formula is C24H28N8O2. The number of rotatable bonds is 5. The van der Waals surface area contributed by atoms with E-state index in [4.69, 9.17) is 4.98 Å². The molecule has 2 amide bonds. The zero-order chi connectivity index (χ0) is 23.8. The Morgan fingerprint density at radius 1 is 1.06 bits per heavy atom. The number of benzene rings is 1. The molecule has 34 heavy (non-hydrogen) atoms. The van der Waals surface area contributed by atoms with Gasteiger partial charge in [-0.2, -0.15) is 4.98 Å². The first-order valence-corrected chi connectivity index (χ1v) is 11.6. The van der Waals surface area contributed by atoms with E-state index in [1.165, 1.54) is 0 Å². The van der Waals surface area contributed by atoms with Gasteiger partial charge in [0.1, 0.15) is 11.5 Å². The van der Waals surface area contributed by atoms with Crippen molar-refractivity contribution in [1.82, 2.24) is 29.7 Å². The van der Waals surface area contributed by atoms with Crippen LogP contribution >= 0.6 is 0 Å². The van der Waals surface area contributed by atoms with Crippen LogP contribution < -0.4 is 10.2 Å². The number of hydrogen-bond acceptors (Lipinski definition) is 8. The number of amides is 2. The second kappa shape index (κ2) is 8.85. The first-order chi connectivity index (χ1) is 16.4. The summed E-state index contributed by atoms with van der Waals surface area (Å²) in [5.41, 5.74) is 4.01. The average molecular weight is 461 g/mol. The van der Waals surface area contributed by atoms with Gasteiger partial charge in [0.05, 0.1) is 17.6 Å². The summed E-state index contributed by atoms with van der Waals surface area (Å²) in [5.74, 6) is 1.19. The topological polar surface area (TPSA) is 107 Å². The summed E-state index contributed by atoms with van der Waals surface area (Å²) in [6.45, 7) is 9.09. The van der Waals surface area contributed by atoms with Gasteiger partial charge in [-0.15, -0.1) is 0 Å². The Labute approximate surface area is 198 Å². The third kappa shape index (κ3) is 4.11. The largest absolute Gasteiger partial charge is 0.366 e. The molecule has 2 aliphatic heterocycles. The van der Waals surface area contributed by atoms with Crippen LogP contribution in [-0.2, 0) is 17.9 Å². The van der Waals surface area contributed by atoms with Crippen molar-refractivity contribution in [2.75, 3.05) is 36.4 Å². The maximum absolute atomic E-state index is 13.1. The number of nitrogens with zero attached hydrogens (tertiary/aromatic N) is 7. The second-order valence-corrected chi connectivity index (χ2v) is 8.95. The molecule has 0 saturated carbocycles. The fourth-order valence-electron chi connectivity index (χ4n) is 4.41. The molecule has 10 heteroatoms. The van der Waals surface area contributed by atoms with Gasteiger partial charge in [0.15, 0.2) is 0 Å². The summed E-state index contributed by atoms with van der Waals surface area (Å²) in [5, 5.41) is 3.44. The van der Waals surface area contributed by atoms with Crippen molar-refractivity contribution in [3.63, 3.8) is 0 Å². The highest BCUT2D eigenvalue weighted by Gasteiger charge is 2.35. The van der Waals surface area contributed by atoms with Crippen LogP contribution in [0.15, 0.2) is 30.6 Å². The Bertz CT molecular complexity index is 1250. The van der Waals surface area contributed by atoms with E-state index in [-0.39, 0.29) is 17.9 Å². The van der Waals surface area contributed by atoms with Crippen LogP contribution in [0, 0.1) is 0 Å². The van der Waals surface area contributed by atoms with Gasteiger partial charge < -0.3 is 20.0 Å². The molecule has 0 bridgehead atoms. The van der Waals surface area contributed by atoms with E-state index in [0.29, 0.717) is 56.7 Å². The quantitative estimate of drug-likeness (QED) is 0.617. The van der Waals surface area contributed by atoms with Gasteiger partial charge in [-0.1, -0.05) is 6.07 Å². The number of carbonyl (C=O) groups is 2. The lowest BCUT2D eigenvalue weighted by Gasteiger charge is -2.34. The predicted molar refractivity (Wildman–Crippen MR) is 128 cm³/mol. The second-order valence-electron chi connectivity index (χ2n) is 8.95. The van der Waals surface area contributed by atoms with Crippen LogP contribution in [0.2, 0.25) is 0 Å². The van der Waals surface area contributed by atoms with Crippen molar-refractivity contribution in [1.29, 1.82) is 0 Å². The predicted octanol–water partition coefficient (Wildman–Crippen LogP) is 2.06. The first kappa shape index (κ1) is 22.0. The van der Waals surface area contributed by atoms with Crippen LogP contribution in [0.25, 0.3) is 11.0 Å². The standard InChI is InChI=1S/C24H28N8O2/c1-15(2)32-14-18-21(23(32)34)28-24(31-10-8-30(9-11-31)16(3)33)29-22(18)27-13-17-4-5-19-20(12-17)26-7-6-25-19/h4-7,12,15H,8-11,13-14H2,1-3H3,(H,27,28,29). The maximum atomic E-state index is 13.1. The molecule has 3 aromatic rings. The zero-order valence-corrected chi connectivity index (χ0v) is 19.7. The summed E-state index contributed by atoms with van der Waals surface area (Å²) >= 11 is 0. The van der Waals surface area contributed by atoms with E-state index < -0.39 is 0 Å². The molecule has 176 valence electrons. The van der Waals surface area contributed by atoms with Crippen LogP contribution in [0.1, 0.15) is 42.4 Å². The summed E-state index contributed by atoms with van der Waals surface area (Å²) in [6.07, 6.45) is 3.36. The van der Waals surface area contributed by atoms with E-state index in [1.54, 1.807) is 19.3 Å². The molecule has 1 aromatic carbocycles. The van der Waals surface area contributed by atoms with E-state index in [2.05, 4.69) is 20.3 Å². The van der Waals surface area contributed by atoms with Crippen molar-refractivity contribution in [3.8, 4) is 0 Å². The lowest BCUT2D eigenvalue weighted by Crippen LogP contribution is -2.48. The van der Waals surface area contributed by atoms with Gasteiger partial charge in [-0.05, 0) is 31.5 Å². The van der Waals surface area contributed by atoms with Crippen molar-refractivity contribution >= 4 is 34.6 Å². The Kier molecular flexibility index (Phi) is 5.72. The molecular weight excluding hydrogens is 432 g/mol. The third-order valence-electron chi connectivity index (χ3n) is 6.41. The molecule has 4 heterocycles. The van der Waals surface area contributed by atoms with Crippen molar-refractivity contribution < 1.29 is 9.59 Å². The minimum Gasteiger partial charge on any atom is -0.366 e. The Morgan fingerprint density at radius 2 is 1.79 bits per heavy atom. The van der Waals surface area contributed by atoms with Crippen molar-refractivity contribution in [3.05, 3.63) is 47.4 Å². The van der Waals surface area contributed by atoms with Crippen LogP contribution in [-0.4, -0.2) is 73.8 Å². The molecule has 0 spiro atoms. The monoisotopic (exact) mass is 460 g/mol. The normalized spacial score (nSPS) is 15.9. The highest BCUT2D eigenvalue weighted by atomic mass is 16.2. The minimum absolute atomic E-state index is 0.0659. The summed E-state index contributed by atoms with van der Waals surface area (Å²) in [6, 6.07) is 6.03. The van der Waals surface area contributed by atoms with Gasteiger partial charge in [0.25, 0.3) is 5.91 Å². The minimum atomic E-state index is -0.0694. The van der Waals surface area contributed by atoms with Crippen LogP contribution in [0.5, 0.6) is 0 Å². The first-order valence-electron chi connectivity index (χ1n) is 11.6. The number of fused-ring (bicyclic) bond motifs is 2. The molecule has 10 nitrogen and oxygen atoms in total. The van der Waals surface area contributed by atoms with Gasteiger partial charge in [0.2, 0.25) is 11.9 Å². The summed E-state index contributed by atoms with van der Waals surface area (Å²) in [4.78, 5) is 48.7. The van der Waals surface area contributed by atoms with Gasteiger partial charge in [-0.25, -0.2) is 4.98 Å². The smallest absolute Gasteiger partial charge is 0.273 e. The van der Waals surface area contributed by atoms with Crippen molar-refractivity contribution in [2.24, 2.45) is 0 Å². The number of anilines is 2. The molecule has 5 rings (SSSR count). The van der Waals surface area contributed by atoms with E-state index in [1.807, 2.05) is 46.7 Å².